The van der Waals surface area contributed by atoms with Crippen LogP contribution in [0.2, 0.25) is 0 Å². The predicted molar refractivity (Wildman–Crippen MR) is 197 cm³/mol. The van der Waals surface area contributed by atoms with Crippen LogP contribution in [0, 0.1) is 33.0 Å². The quantitative estimate of drug-likeness (QED) is 0.207. The largest absolute Gasteiger partial charge is 0.103 e. The monoisotopic (exact) mass is 581 g/mol. The summed E-state index contributed by atoms with van der Waals surface area (Å²) in [4.78, 5) is 0. The van der Waals surface area contributed by atoms with Crippen LogP contribution in [0.5, 0.6) is 0 Å². The minimum atomic E-state index is 0.432. The fraction of sp³-hybridized carbons (Fsp3) is 0.951. The number of rotatable bonds is 7. The van der Waals surface area contributed by atoms with E-state index in [2.05, 4.69) is 131 Å². The van der Waals surface area contributed by atoms with Gasteiger partial charge in [-0.25, -0.2) is 0 Å². The van der Waals surface area contributed by atoms with Crippen molar-refractivity contribution in [2.45, 2.75) is 221 Å². The molecule has 0 bridgehead atoms. The lowest BCUT2D eigenvalue weighted by molar-refractivity contribution is 0.180. The average molecular weight is 581 g/mol. The molecule has 0 aromatic carbocycles. The summed E-state index contributed by atoms with van der Waals surface area (Å²) in [6.45, 7) is 44.7. The zero-order valence-electron chi connectivity index (χ0n) is 33.0. The van der Waals surface area contributed by atoms with E-state index in [0.717, 1.165) is 12.3 Å². The first-order valence-electron chi connectivity index (χ1n) is 18.0. The molecule has 0 unspecified atom stereocenters. The van der Waals surface area contributed by atoms with E-state index in [1.165, 1.54) is 89.9 Å². The fourth-order valence-corrected chi connectivity index (χ4v) is 4.98. The highest BCUT2D eigenvalue weighted by Crippen LogP contribution is 2.37. The smallest absolute Gasteiger partial charge is 0.0304 e. The number of unbranched alkanes of at least 4 members (excludes halogenated alkanes) is 3. The van der Waals surface area contributed by atoms with Crippen molar-refractivity contribution in [2.24, 2.45) is 33.0 Å². The van der Waals surface area contributed by atoms with Gasteiger partial charge in [0.25, 0.3) is 0 Å². The van der Waals surface area contributed by atoms with Gasteiger partial charge < -0.3 is 0 Å². The molecule has 0 heteroatoms. The van der Waals surface area contributed by atoms with Crippen molar-refractivity contribution >= 4 is 0 Å². The van der Waals surface area contributed by atoms with Crippen LogP contribution in [-0.4, -0.2) is 0 Å². The molecule has 252 valence electrons. The van der Waals surface area contributed by atoms with Crippen molar-refractivity contribution < 1.29 is 0 Å². The molecule has 0 saturated heterocycles. The van der Waals surface area contributed by atoms with Crippen molar-refractivity contribution in [3.05, 3.63) is 12.7 Å². The first-order chi connectivity index (χ1) is 18.3. The summed E-state index contributed by atoms with van der Waals surface area (Å²) in [5, 5.41) is 0. The molecule has 41 heavy (non-hydrogen) atoms. The van der Waals surface area contributed by atoms with E-state index in [1.54, 1.807) is 0 Å². The molecule has 0 heterocycles. The second kappa shape index (κ2) is 25.1. The van der Waals surface area contributed by atoms with Crippen LogP contribution >= 0.6 is 0 Å². The van der Waals surface area contributed by atoms with Gasteiger partial charge in [0.15, 0.2) is 0 Å². The van der Waals surface area contributed by atoms with Crippen LogP contribution in [0.1, 0.15) is 221 Å². The third kappa shape index (κ3) is 52.8. The Hall–Kier alpha value is -0.260. The zero-order chi connectivity index (χ0) is 33.4. The van der Waals surface area contributed by atoms with Gasteiger partial charge in [-0.05, 0) is 71.5 Å². The van der Waals surface area contributed by atoms with Crippen LogP contribution < -0.4 is 0 Å². The first-order valence-corrected chi connectivity index (χ1v) is 18.0. The van der Waals surface area contributed by atoms with Gasteiger partial charge in [0, 0.05) is 0 Å². The Morgan fingerprint density at radius 2 is 0.878 bits per heavy atom. The van der Waals surface area contributed by atoms with E-state index < -0.39 is 0 Å². The second-order valence-electron chi connectivity index (χ2n) is 18.7. The highest BCUT2D eigenvalue weighted by Gasteiger charge is 2.25. The third-order valence-electron chi connectivity index (χ3n) is 7.37. The van der Waals surface area contributed by atoms with Crippen molar-refractivity contribution in [1.82, 2.24) is 0 Å². The molecule has 0 aliphatic heterocycles. The highest BCUT2D eigenvalue weighted by molar-refractivity contribution is 4.77. The average Bonchev–Trinajstić information content (AvgIpc) is 2.75. The van der Waals surface area contributed by atoms with E-state index >= 15 is 0 Å². The molecule has 0 atom stereocenters. The molecular weight excluding hydrogens is 492 g/mol. The molecule has 1 aliphatic carbocycles. The summed E-state index contributed by atoms with van der Waals surface area (Å²) in [6.07, 6.45) is 22.7. The van der Waals surface area contributed by atoms with Crippen LogP contribution in [0.15, 0.2) is 12.7 Å². The number of hydrogen-bond acceptors (Lipinski definition) is 0. The molecular formula is C41H88. The lowest BCUT2D eigenvalue weighted by Gasteiger charge is -2.33. The molecule has 0 radical (unpaired) electrons. The minimum Gasteiger partial charge on any atom is -0.103 e. The predicted octanol–water partition coefficient (Wildman–Crippen LogP) is 15.9. The van der Waals surface area contributed by atoms with E-state index in [9.17, 15) is 0 Å². The van der Waals surface area contributed by atoms with E-state index in [-0.39, 0.29) is 0 Å². The standard InChI is InChI=1S/C10H20.C10H22.2C7H16.C7H14/c1-10(2,3)9-7-5-4-6-8-9;1-5-6-7-8-9-10(2,3)4;3*1-5-6-7(2,3)4/h9H,4-8H2,1-3H3;5-9H2,1-4H3;2*5-6H2,1-4H3;5H,1,6H2,2-4H3. The Balaban J connectivity index is -0.000000211. The summed E-state index contributed by atoms with van der Waals surface area (Å²) in [7, 11) is 0. The van der Waals surface area contributed by atoms with Gasteiger partial charge in [0.2, 0.25) is 0 Å². The summed E-state index contributed by atoms with van der Waals surface area (Å²) < 4.78 is 0. The first kappa shape index (κ1) is 47.7. The molecule has 0 aromatic rings. The summed E-state index contributed by atoms with van der Waals surface area (Å²) >= 11 is 0. The van der Waals surface area contributed by atoms with E-state index in [1.807, 2.05) is 6.08 Å². The molecule has 1 saturated carbocycles. The maximum Gasteiger partial charge on any atom is -0.0304 e. The zero-order valence-corrected chi connectivity index (χ0v) is 33.0. The summed E-state index contributed by atoms with van der Waals surface area (Å²) in [5.41, 5.74) is 2.65. The lowest BCUT2D eigenvalue weighted by atomic mass is 9.72. The molecule has 1 rings (SSSR count). The molecule has 0 spiro atoms. The van der Waals surface area contributed by atoms with Crippen molar-refractivity contribution in [1.29, 1.82) is 0 Å². The van der Waals surface area contributed by atoms with Crippen LogP contribution in [0.4, 0.5) is 0 Å². The summed E-state index contributed by atoms with van der Waals surface area (Å²) in [5.74, 6) is 1.00. The van der Waals surface area contributed by atoms with Crippen LogP contribution in [-0.2, 0) is 0 Å². The molecule has 1 aliphatic rings. The van der Waals surface area contributed by atoms with E-state index in [0.29, 0.717) is 27.1 Å². The van der Waals surface area contributed by atoms with Gasteiger partial charge in [-0.3, -0.25) is 0 Å². The van der Waals surface area contributed by atoms with Gasteiger partial charge in [-0.2, -0.15) is 0 Å². The molecule has 0 N–H and O–H groups in total. The highest BCUT2D eigenvalue weighted by atomic mass is 14.3. The fourth-order valence-electron chi connectivity index (χ4n) is 4.98. The number of allylic oxidation sites excluding steroid dienone is 1. The van der Waals surface area contributed by atoms with Crippen molar-refractivity contribution in [3.8, 4) is 0 Å². The Morgan fingerprint density at radius 3 is 1.05 bits per heavy atom. The molecule has 1 fully saturated rings. The molecule has 0 nitrogen and oxygen atoms in total. The second-order valence-corrected chi connectivity index (χ2v) is 18.7. The van der Waals surface area contributed by atoms with Gasteiger partial charge in [0.1, 0.15) is 0 Å². The Kier molecular flexibility index (Phi) is 29.2. The Morgan fingerprint density at radius 1 is 0.488 bits per heavy atom. The maximum atomic E-state index is 3.65. The molecule has 0 aromatic heterocycles. The maximum absolute atomic E-state index is 3.65. The summed E-state index contributed by atoms with van der Waals surface area (Å²) in [6, 6.07) is 0. The topological polar surface area (TPSA) is 0 Å². The SMILES string of the molecule is C=CCC(C)(C)C.CC(C)(C)C1CCCCC1.CCCC(C)(C)C.CCCC(C)(C)C.CCCCCCC(C)(C)C. The van der Waals surface area contributed by atoms with Gasteiger partial charge in [-0.15, -0.1) is 6.58 Å². The van der Waals surface area contributed by atoms with Crippen LogP contribution in [0.3, 0.4) is 0 Å². The minimum absolute atomic E-state index is 0.432. The Labute approximate surface area is 266 Å². The van der Waals surface area contributed by atoms with Gasteiger partial charge in [0.05, 0.1) is 0 Å². The van der Waals surface area contributed by atoms with Gasteiger partial charge >= 0.3 is 0 Å². The van der Waals surface area contributed by atoms with Crippen molar-refractivity contribution in [2.75, 3.05) is 0 Å². The molecule has 0 amide bonds. The third-order valence-corrected chi connectivity index (χ3v) is 7.37. The lowest BCUT2D eigenvalue weighted by Crippen LogP contribution is -2.22. The number of hydrogen-bond donors (Lipinski definition) is 0. The Bertz CT molecular complexity index is 507. The van der Waals surface area contributed by atoms with Crippen molar-refractivity contribution in [3.63, 3.8) is 0 Å². The van der Waals surface area contributed by atoms with Crippen LogP contribution in [0.25, 0.3) is 0 Å². The van der Waals surface area contributed by atoms with Gasteiger partial charge in [-0.1, -0.05) is 188 Å². The van der Waals surface area contributed by atoms with E-state index in [4.69, 9.17) is 0 Å². The normalized spacial score (nSPS) is 14.6.